The largest absolute Gasteiger partial charge is 0.480 e. The number of hydrogen-bond acceptors (Lipinski definition) is 7. The molecule has 3 amide bonds. The van der Waals surface area contributed by atoms with Crippen LogP contribution in [0.15, 0.2) is 25.0 Å². The van der Waals surface area contributed by atoms with Crippen molar-refractivity contribution in [2.24, 2.45) is 5.73 Å². The Morgan fingerprint density at radius 3 is 2.11 bits per heavy atom. The second-order valence-corrected chi connectivity index (χ2v) is 8.91. The van der Waals surface area contributed by atoms with Gasteiger partial charge in [0.05, 0.1) is 30.1 Å². The van der Waals surface area contributed by atoms with Gasteiger partial charge in [-0.15, -0.1) is 0 Å². The standard InChI is InChI=1S/C22H30N8O5/c23-15(7-13-9-24-11-26-13)20(32)29-5-1-3-17(29)19(31)28-16(8-14-10-25-12-27-14)21(33)30-6-2-4-18(30)22(34)35/h9-12,15-18H,1-8,23H2,(H,24,26)(H,25,27)(H,28,31)(H,34,35)/t15-,16-,17-,18-/m0/s1. The highest BCUT2D eigenvalue weighted by Gasteiger charge is 2.41. The molecule has 13 nitrogen and oxygen atoms in total. The van der Waals surface area contributed by atoms with E-state index in [0.29, 0.717) is 50.2 Å². The summed E-state index contributed by atoms with van der Waals surface area (Å²) < 4.78 is 0. The molecule has 2 aromatic heterocycles. The van der Waals surface area contributed by atoms with Crippen LogP contribution in [-0.2, 0) is 32.0 Å². The number of H-pyrrole nitrogens is 2. The fourth-order valence-corrected chi connectivity index (χ4v) is 4.80. The van der Waals surface area contributed by atoms with Gasteiger partial charge in [0.1, 0.15) is 18.1 Å². The van der Waals surface area contributed by atoms with Gasteiger partial charge in [0, 0.05) is 38.3 Å². The van der Waals surface area contributed by atoms with Gasteiger partial charge in [-0.3, -0.25) is 14.4 Å². The highest BCUT2D eigenvalue weighted by molar-refractivity contribution is 5.94. The predicted molar refractivity (Wildman–Crippen MR) is 122 cm³/mol. The van der Waals surface area contributed by atoms with E-state index in [4.69, 9.17) is 5.73 Å². The lowest BCUT2D eigenvalue weighted by Gasteiger charge is -2.30. The molecule has 0 bridgehead atoms. The Hall–Kier alpha value is -3.74. The van der Waals surface area contributed by atoms with Crippen molar-refractivity contribution in [3.63, 3.8) is 0 Å². The van der Waals surface area contributed by atoms with Gasteiger partial charge in [-0.1, -0.05) is 0 Å². The molecule has 35 heavy (non-hydrogen) atoms. The molecule has 0 radical (unpaired) electrons. The molecule has 2 aromatic rings. The zero-order valence-corrected chi connectivity index (χ0v) is 19.2. The second kappa shape index (κ2) is 10.7. The van der Waals surface area contributed by atoms with Gasteiger partial charge in [0.25, 0.3) is 0 Å². The normalized spacial score (nSPS) is 21.6. The molecule has 188 valence electrons. The minimum absolute atomic E-state index is 0.0935. The summed E-state index contributed by atoms with van der Waals surface area (Å²) in [5.74, 6) is -2.37. The van der Waals surface area contributed by atoms with Crippen LogP contribution >= 0.6 is 0 Å². The molecule has 6 N–H and O–H groups in total. The van der Waals surface area contributed by atoms with Crippen LogP contribution in [0.5, 0.6) is 0 Å². The predicted octanol–water partition coefficient (Wildman–Crippen LogP) is -1.20. The van der Waals surface area contributed by atoms with Gasteiger partial charge in [-0.2, -0.15) is 0 Å². The van der Waals surface area contributed by atoms with Crippen molar-refractivity contribution < 1.29 is 24.3 Å². The molecule has 0 unspecified atom stereocenters. The summed E-state index contributed by atoms with van der Waals surface area (Å²) in [4.78, 5) is 67.9. The van der Waals surface area contributed by atoms with Crippen molar-refractivity contribution in [3.8, 4) is 0 Å². The molecule has 0 saturated carbocycles. The first kappa shape index (κ1) is 24.4. The Kier molecular flexibility index (Phi) is 7.44. The number of aromatic nitrogens is 4. The average Bonchev–Trinajstić information content (AvgIpc) is 3.63. The Bertz CT molecular complexity index is 1040. The molecular formula is C22H30N8O5. The van der Waals surface area contributed by atoms with E-state index in [9.17, 15) is 24.3 Å². The lowest BCUT2D eigenvalue weighted by molar-refractivity contribution is -0.149. The van der Waals surface area contributed by atoms with E-state index in [2.05, 4.69) is 25.3 Å². The maximum atomic E-state index is 13.3. The number of nitrogens with one attached hydrogen (secondary N) is 3. The number of carbonyl (C=O) groups is 4. The highest BCUT2D eigenvalue weighted by atomic mass is 16.4. The average molecular weight is 487 g/mol. The third-order valence-corrected chi connectivity index (χ3v) is 6.54. The zero-order valence-electron chi connectivity index (χ0n) is 19.2. The van der Waals surface area contributed by atoms with Gasteiger partial charge in [-0.05, 0) is 25.7 Å². The third-order valence-electron chi connectivity index (χ3n) is 6.54. The summed E-state index contributed by atoms with van der Waals surface area (Å²) >= 11 is 0. The van der Waals surface area contributed by atoms with Crippen LogP contribution in [0, 0.1) is 0 Å². The van der Waals surface area contributed by atoms with Crippen molar-refractivity contribution in [3.05, 3.63) is 36.4 Å². The van der Waals surface area contributed by atoms with E-state index in [1.807, 2.05) is 0 Å². The maximum Gasteiger partial charge on any atom is 0.326 e. The number of nitrogens with two attached hydrogens (primary N) is 1. The smallest absolute Gasteiger partial charge is 0.326 e. The minimum Gasteiger partial charge on any atom is -0.480 e. The van der Waals surface area contributed by atoms with Gasteiger partial charge in [0.15, 0.2) is 0 Å². The fourth-order valence-electron chi connectivity index (χ4n) is 4.80. The first-order chi connectivity index (χ1) is 16.8. The first-order valence-electron chi connectivity index (χ1n) is 11.7. The number of carboxylic acids is 1. The van der Waals surface area contributed by atoms with Crippen molar-refractivity contribution in [2.45, 2.75) is 62.7 Å². The second-order valence-electron chi connectivity index (χ2n) is 8.91. The third kappa shape index (κ3) is 5.50. The van der Waals surface area contributed by atoms with Crippen LogP contribution in [0.4, 0.5) is 0 Å². The number of aliphatic carboxylic acids is 1. The highest BCUT2D eigenvalue weighted by Crippen LogP contribution is 2.22. The Morgan fingerprint density at radius 2 is 1.54 bits per heavy atom. The van der Waals surface area contributed by atoms with Crippen LogP contribution in [0.1, 0.15) is 37.1 Å². The first-order valence-corrected chi connectivity index (χ1v) is 11.7. The SMILES string of the molecule is N[C@@H](Cc1c[nH]cn1)C(=O)N1CCC[C@H]1C(=O)N[C@@H](Cc1c[nH]cn1)C(=O)N1CCC[C@H]1C(=O)O. The fraction of sp³-hybridized carbons (Fsp3) is 0.545. The molecule has 4 heterocycles. The maximum absolute atomic E-state index is 13.3. The summed E-state index contributed by atoms with van der Waals surface area (Å²) in [6.45, 7) is 0.690. The number of nitrogens with zero attached hydrogens (tertiary/aromatic N) is 4. The monoisotopic (exact) mass is 486 g/mol. The van der Waals surface area contributed by atoms with Gasteiger partial charge in [-0.25, -0.2) is 14.8 Å². The van der Waals surface area contributed by atoms with Crippen LogP contribution in [0.3, 0.4) is 0 Å². The number of likely N-dealkylation sites (tertiary alicyclic amines) is 2. The molecule has 0 spiro atoms. The molecule has 0 aromatic carbocycles. The van der Waals surface area contributed by atoms with Gasteiger partial charge >= 0.3 is 5.97 Å². The zero-order chi connectivity index (χ0) is 24.9. The Labute approximate surface area is 201 Å². The van der Waals surface area contributed by atoms with E-state index in [-0.39, 0.29) is 18.7 Å². The topological polar surface area (TPSA) is 190 Å². The quantitative estimate of drug-likeness (QED) is 0.292. The van der Waals surface area contributed by atoms with E-state index in [0.717, 1.165) is 0 Å². The molecule has 2 fully saturated rings. The van der Waals surface area contributed by atoms with E-state index in [1.165, 1.54) is 22.5 Å². The van der Waals surface area contributed by atoms with Crippen molar-refractivity contribution in [2.75, 3.05) is 13.1 Å². The van der Waals surface area contributed by atoms with Crippen LogP contribution in [0.2, 0.25) is 0 Å². The molecule has 4 atom stereocenters. The molecular weight excluding hydrogens is 456 g/mol. The number of carboxylic acid groups (broad SMARTS) is 1. The van der Waals surface area contributed by atoms with Crippen molar-refractivity contribution in [1.29, 1.82) is 0 Å². The summed E-state index contributed by atoms with van der Waals surface area (Å²) in [5.41, 5.74) is 7.31. The minimum atomic E-state index is -1.07. The Morgan fingerprint density at radius 1 is 0.971 bits per heavy atom. The van der Waals surface area contributed by atoms with Crippen molar-refractivity contribution >= 4 is 23.7 Å². The number of rotatable bonds is 9. The number of hydrogen-bond donors (Lipinski definition) is 5. The summed E-state index contributed by atoms with van der Waals surface area (Å²) in [6, 6.07) is -3.56. The van der Waals surface area contributed by atoms with Gasteiger partial charge < -0.3 is 35.9 Å². The summed E-state index contributed by atoms with van der Waals surface area (Å²) in [7, 11) is 0. The summed E-state index contributed by atoms with van der Waals surface area (Å²) in [5, 5.41) is 12.3. The van der Waals surface area contributed by atoms with Crippen molar-refractivity contribution in [1.82, 2.24) is 35.1 Å². The molecule has 4 rings (SSSR count). The number of aromatic amines is 2. The molecule has 0 aliphatic carbocycles. The molecule has 13 heteroatoms. The summed E-state index contributed by atoms with van der Waals surface area (Å²) in [6.07, 6.45) is 8.58. The molecule has 2 saturated heterocycles. The van der Waals surface area contributed by atoms with Crippen LogP contribution in [-0.4, -0.2) is 95.8 Å². The molecule has 2 aliphatic rings. The lowest BCUT2D eigenvalue weighted by atomic mass is 10.1. The number of carbonyl (C=O) groups excluding carboxylic acids is 3. The Balaban J connectivity index is 1.46. The number of amides is 3. The number of imidazole rings is 2. The van der Waals surface area contributed by atoms with Crippen LogP contribution < -0.4 is 11.1 Å². The van der Waals surface area contributed by atoms with E-state index < -0.39 is 42.0 Å². The molecule has 2 aliphatic heterocycles. The van der Waals surface area contributed by atoms with Gasteiger partial charge in [0.2, 0.25) is 17.7 Å². The van der Waals surface area contributed by atoms with Crippen LogP contribution in [0.25, 0.3) is 0 Å². The lowest BCUT2D eigenvalue weighted by Crippen LogP contribution is -2.57. The van der Waals surface area contributed by atoms with E-state index in [1.54, 1.807) is 12.4 Å². The van der Waals surface area contributed by atoms with E-state index >= 15 is 0 Å².